The second-order valence-corrected chi connectivity index (χ2v) is 2.34. The van der Waals surface area contributed by atoms with Crippen LogP contribution in [0.25, 0.3) is 0 Å². The van der Waals surface area contributed by atoms with Crippen LogP contribution in [0.3, 0.4) is 0 Å². The van der Waals surface area contributed by atoms with Crippen LogP contribution in [0.1, 0.15) is 19.3 Å². The standard InChI is InChI=1S/C6H11NO2.ClH/c8-6(9)5-3-1-2-4-7-5;/h5,7H,1-4H2,(H,8,9);1H. The highest BCUT2D eigenvalue weighted by Gasteiger charge is 2.18. The quantitative estimate of drug-likeness (QED) is 0.600. The molecular weight excluding hydrogens is 154 g/mol. The van der Waals surface area contributed by atoms with Gasteiger partial charge in [-0.05, 0) is 19.4 Å². The van der Waals surface area contributed by atoms with Gasteiger partial charge < -0.3 is 10.4 Å². The third-order valence-corrected chi connectivity index (χ3v) is 1.61. The van der Waals surface area contributed by atoms with E-state index in [-0.39, 0.29) is 18.4 Å². The van der Waals surface area contributed by atoms with E-state index in [0.717, 1.165) is 25.8 Å². The molecule has 2 N–H and O–H groups in total. The van der Waals surface area contributed by atoms with Crippen LogP contribution >= 0.6 is 12.4 Å². The predicted molar refractivity (Wildman–Crippen MR) is 40.5 cm³/mol. The molecule has 1 fully saturated rings. The Morgan fingerprint density at radius 1 is 1.50 bits per heavy atom. The van der Waals surface area contributed by atoms with Crippen molar-refractivity contribution < 1.29 is 9.90 Å². The minimum absolute atomic E-state index is 0. The van der Waals surface area contributed by atoms with Crippen LogP contribution in [0.2, 0.25) is 0 Å². The van der Waals surface area contributed by atoms with Gasteiger partial charge >= 0.3 is 5.97 Å². The van der Waals surface area contributed by atoms with Gasteiger partial charge in [0, 0.05) is 0 Å². The Balaban J connectivity index is 0.000000810. The zero-order chi connectivity index (χ0) is 6.69. The molecule has 1 heterocycles. The van der Waals surface area contributed by atoms with Gasteiger partial charge in [0.15, 0.2) is 0 Å². The Bertz CT molecular complexity index is 112. The minimum Gasteiger partial charge on any atom is -0.480 e. The number of halogens is 1. The van der Waals surface area contributed by atoms with E-state index in [1.54, 1.807) is 0 Å². The molecule has 1 aliphatic heterocycles. The number of carboxylic acid groups (broad SMARTS) is 1. The Hall–Kier alpha value is -0.280. The van der Waals surface area contributed by atoms with Crippen molar-refractivity contribution in [1.82, 2.24) is 5.32 Å². The molecule has 1 unspecified atom stereocenters. The predicted octanol–water partition coefficient (Wildman–Crippen LogP) is 0.635. The highest BCUT2D eigenvalue weighted by molar-refractivity contribution is 5.85. The SMILES string of the molecule is Cl.O=C(O)C1CCCCN1. The van der Waals surface area contributed by atoms with Crippen molar-refractivity contribution in [3.05, 3.63) is 0 Å². The lowest BCUT2D eigenvalue weighted by molar-refractivity contribution is -0.140. The molecule has 4 heteroatoms. The molecule has 0 amide bonds. The summed E-state index contributed by atoms with van der Waals surface area (Å²) in [5.41, 5.74) is 0. The van der Waals surface area contributed by atoms with E-state index in [4.69, 9.17) is 5.11 Å². The monoisotopic (exact) mass is 165 g/mol. The fraction of sp³-hybridized carbons (Fsp3) is 0.833. The van der Waals surface area contributed by atoms with Gasteiger partial charge in [0.05, 0.1) is 0 Å². The molecule has 0 aromatic rings. The van der Waals surface area contributed by atoms with Gasteiger partial charge in [-0.2, -0.15) is 0 Å². The number of aliphatic carboxylic acids is 1. The molecule has 0 bridgehead atoms. The molecule has 10 heavy (non-hydrogen) atoms. The number of carboxylic acids is 1. The molecule has 0 aromatic carbocycles. The molecule has 0 spiro atoms. The summed E-state index contributed by atoms with van der Waals surface area (Å²) in [6.45, 7) is 0.858. The highest BCUT2D eigenvalue weighted by atomic mass is 35.5. The molecule has 0 aromatic heterocycles. The molecule has 1 saturated heterocycles. The fourth-order valence-corrected chi connectivity index (χ4v) is 1.06. The largest absolute Gasteiger partial charge is 0.480 e. The van der Waals surface area contributed by atoms with Crippen molar-refractivity contribution in [2.45, 2.75) is 25.3 Å². The topological polar surface area (TPSA) is 49.3 Å². The molecular formula is C6H12ClNO2. The summed E-state index contributed by atoms with van der Waals surface area (Å²) in [4.78, 5) is 10.3. The van der Waals surface area contributed by atoms with Crippen molar-refractivity contribution in [3.8, 4) is 0 Å². The maximum atomic E-state index is 10.3. The average molecular weight is 166 g/mol. The molecule has 3 nitrogen and oxygen atoms in total. The molecule has 1 atom stereocenters. The maximum absolute atomic E-state index is 10.3. The Morgan fingerprint density at radius 2 is 2.20 bits per heavy atom. The van der Waals surface area contributed by atoms with Crippen molar-refractivity contribution in [3.63, 3.8) is 0 Å². The summed E-state index contributed by atoms with van der Waals surface area (Å²) in [6.07, 6.45) is 2.95. The molecule has 1 aliphatic rings. The zero-order valence-corrected chi connectivity index (χ0v) is 6.49. The minimum atomic E-state index is -0.713. The van der Waals surface area contributed by atoms with Gasteiger partial charge in [0.1, 0.15) is 6.04 Å². The van der Waals surface area contributed by atoms with Crippen LogP contribution in [0.4, 0.5) is 0 Å². The van der Waals surface area contributed by atoms with E-state index in [1.807, 2.05) is 0 Å². The van der Waals surface area contributed by atoms with E-state index in [0.29, 0.717) is 0 Å². The summed E-state index contributed by atoms with van der Waals surface area (Å²) in [5.74, 6) is -0.713. The summed E-state index contributed by atoms with van der Waals surface area (Å²) in [7, 11) is 0. The van der Waals surface area contributed by atoms with Crippen molar-refractivity contribution in [2.75, 3.05) is 6.54 Å². The second-order valence-electron chi connectivity index (χ2n) is 2.34. The van der Waals surface area contributed by atoms with Crippen LogP contribution in [-0.4, -0.2) is 23.7 Å². The first-order valence-corrected chi connectivity index (χ1v) is 3.27. The number of piperidine rings is 1. The smallest absolute Gasteiger partial charge is 0.320 e. The lowest BCUT2D eigenvalue weighted by Crippen LogP contribution is -2.40. The third kappa shape index (κ3) is 2.54. The van der Waals surface area contributed by atoms with Gasteiger partial charge in [-0.15, -0.1) is 12.4 Å². The van der Waals surface area contributed by atoms with Crippen molar-refractivity contribution in [2.24, 2.45) is 0 Å². The van der Waals surface area contributed by atoms with Crippen LogP contribution < -0.4 is 5.32 Å². The molecule has 0 saturated carbocycles. The fourth-order valence-electron chi connectivity index (χ4n) is 1.06. The first kappa shape index (κ1) is 9.72. The summed E-state index contributed by atoms with van der Waals surface area (Å²) in [5, 5.41) is 11.4. The summed E-state index contributed by atoms with van der Waals surface area (Å²) < 4.78 is 0. The van der Waals surface area contributed by atoms with Gasteiger partial charge in [-0.1, -0.05) is 6.42 Å². The highest BCUT2D eigenvalue weighted by Crippen LogP contribution is 2.05. The van der Waals surface area contributed by atoms with E-state index in [1.165, 1.54) is 0 Å². The van der Waals surface area contributed by atoms with E-state index in [9.17, 15) is 4.79 Å². The molecule has 0 aliphatic carbocycles. The normalized spacial score (nSPS) is 25.0. The van der Waals surface area contributed by atoms with E-state index < -0.39 is 5.97 Å². The third-order valence-electron chi connectivity index (χ3n) is 1.61. The van der Waals surface area contributed by atoms with Crippen LogP contribution in [0, 0.1) is 0 Å². The lowest BCUT2D eigenvalue weighted by Gasteiger charge is -2.18. The first-order valence-electron chi connectivity index (χ1n) is 3.27. The van der Waals surface area contributed by atoms with E-state index >= 15 is 0 Å². The first-order chi connectivity index (χ1) is 4.30. The maximum Gasteiger partial charge on any atom is 0.320 e. The number of rotatable bonds is 1. The van der Waals surface area contributed by atoms with Gasteiger partial charge in [0.25, 0.3) is 0 Å². The molecule has 0 radical (unpaired) electrons. The second kappa shape index (κ2) is 4.52. The number of hydrogen-bond acceptors (Lipinski definition) is 2. The van der Waals surface area contributed by atoms with Gasteiger partial charge in [0.2, 0.25) is 0 Å². The Morgan fingerprint density at radius 3 is 2.50 bits per heavy atom. The molecule has 1 rings (SSSR count). The van der Waals surface area contributed by atoms with Crippen LogP contribution in [0.15, 0.2) is 0 Å². The van der Waals surface area contributed by atoms with Gasteiger partial charge in [-0.3, -0.25) is 4.79 Å². The van der Waals surface area contributed by atoms with Crippen molar-refractivity contribution in [1.29, 1.82) is 0 Å². The van der Waals surface area contributed by atoms with Crippen LogP contribution in [0.5, 0.6) is 0 Å². The summed E-state index contributed by atoms with van der Waals surface area (Å²) in [6, 6.07) is -0.279. The van der Waals surface area contributed by atoms with Crippen LogP contribution in [-0.2, 0) is 4.79 Å². The molecule has 60 valence electrons. The van der Waals surface area contributed by atoms with E-state index in [2.05, 4.69) is 5.32 Å². The van der Waals surface area contributed by atoms with Crippen molar-refractivity contribution >= 4 is 18.4 Å². The number of nitrogens with one attached hydrogen (secondary N) is 1. The Labute approximate surface area is 66.2 Å². The zero-order valence-electron chi connectivity index (χ0n) is 5.67. The van der Waals surface area contributed by atoms with Gasteiger partial charge in [-0.25, -0.2) is 0 Å². The average Bonchev–Trinajstić information content (AvgIpc) is 1.90. The summed E-state index contributed by atoms with van der Waals surface area (Å²) >= 11 is 0. The number of carbonyl (C=O) groups is 1. The number of hydrogen-bond donors (Lipinski definition) is 2. The lowest BCUT2D eigenvalue weighted by atomic mass is 10.1. The Kier molecular flexibility index (Phi) is 4.40.